The lowest BCUT2D eigenvalue weighted by Gasteiger charge is -2.33. The molecule has 1 saturated heterocycles. The second-order valence-electron chi connectivity index (χ2n) is 7.70. The number of piperidine rings is 1. The fourth-order valence-corrected chi connectivity index (χ4v) is 3.93. The van der Waals surface area contributed by atoms with Gasteiger partial charge >= 0.3 is 0 Å². The summed E-state index contributed by atoms with van der Waals surface area (Å²) in [4.78, 5) is 28.7. The molecule has 0 radical (unpaired) electrons. The van der Waals surface area contributed by atoms with E-state index in [0.29, 0.717) is 19.6 Å². The molecule has 1 aromatic rings. The van der Waals surface area contributed by atoms with Gasteiger partial charge in [-0.3, -0.25) is 9.59 Å². The summed E-state index contributed by atoms with van der Waals surface area (Å²) in [7, 11) is 4.09. The molecule has 0 aliphatic carbocycles. The van der Waals surface area contributed by atoms with Crippen LogP contribution in [0, 0.1) is 11.3 Å². The van der Waals surface area contributed by atoms with Gasteiger partial charge < -0.3 is 15.1 Å². The molecule has 1 N–H and O–H groups in total. The van der Waals surface area contributed by atoms with Gasteiger partial charge in [-0.1, -0.05) is 13.8 Å². The van der Waals surface area contributed by atoms with E-state index in [9.17, 15) is 9.59 Å². The zero-order chi connectivity index (χ0) is 17.7. The molecule has 134 valence electrons. The predicted octanol–water partition coefficient (Wildman–Crippen LogP) is 2.30. The molecular formula is C18H29N3O2S. The molecule has 24 heavy (non-hydrogen) atoms. The standard InChI is InChI=1S/C18H29N3O2S/c1-18(2,13-20(3)4)12-19-16(22)14-5-8-21(9-6-14)17(23)15-7-10-24-11-15/h7,10-11,14H,5-6,8-9,12-13H2,1-4H3,(H,19,22). The molecule has 1 aliphatic heterocycles. The van der Waals surface area contributed by atoms with E-state index < -0.39 is 0 Å². The quantitative estimate of drug-likeness (QED) is 0.856. The molecule has 2 amide bonds. The van der Waals surface area contributed by atoms with E-state index in [0.717, 1.165) is 24.9 Å². The number of rotatable bonds is 6. The fourth-order valence-electron chi connectivity index (χ4n) is 3.30. The Morgan fingerprint density at radius 3 is 2.54 bits per heavy atom. The summed E-state index contributed by atoms with van der Waals surface area (Å²) in [6, 6.07) is 1.86. The molecule has 1 aliphatic rings. The smallest absolute Gasteiger partial charge is 0.254 e. The summed E-state index contributed by atoms with van der Waals surface area (Å²) in [6.45, 7) is 7.26. The number of amides is 2. The van der Waals surface area contributed by atoms with Crippen LogP contribution in [-0.2, 0) is 4.79 Å². The van der Waals surface area contributed by atoms with Crippen LogP contribution in [0.15, 0.2) is 16.8 Å². The van der Waals surface area contributed by atoms with Gasteiger partial charge in [0.25, 0.3) is 5.91 Å². The van der Waals surface area contributed by atoms with E-state index in [1.54, 1.807) is 0 Å². The van der Waals surface area contributed by atoms with Crippen LogP contribution >= 0.6 is 11.3 Å². The molecular weight excluding hydrogens is 322 g/mol. The molecule has 0 aromatic carbocycles. The van der Waals surface area contributed by atoms with E-state index in [2.05, 4.69) is 24.1 Å². The summed E-state index contributed by atoms with van der Waals surface area (Å²) in [5, 5.41) is 6.90. The number of hydrogen-bond donors (Lipinski definition) is 1. The number of hydrogen-bond acceptors (Lipinski definition) is 4. The third kappa shape index (κ3) is 5.31. The number of likely N-dealkylation sites (tertiary alicyclic amines) is 1. The van der Waals surface area contributed by atoms with Crippen LogP contribution in [0.5, 0.6) is 0 Å². The normalized spacial score (nSPS) is 16.5. The highest BCUT2D eigenvalue weighted by atomic mass is 32.1. The van der Waals surface area contributed by atoms with Crippen molar-refractivity contribution in [3.63, 3.8) is 0 Å². The highest BCUT2D eigenvalue weighted by Crippen LogP contribution is 2.21. The van der Waals surface area contributed by atoms with Crippen LogP contribution < -0.4 is 5.32 Å². The van der Waals surface area contributed by atoms with Crippen LogP contribution in [0.2, 0.25) is 0 Å². The minimum Gasteiger partial charge on any atom is -0.355 e. The van der Waals surface area contributed by atoms with Gasteiger partial charge in [0.15, 0.2) is 0 Å². The molecule has 0 spiro atoms. The van der Waals surface area contributed by atoms with E-state index in [4.69, 9.17) is 0 Å². The molecule has 5 nitrogen and oxygen atoms in total. The summed E-state index contributed by atoms with van der Waals surface area (Å²) in [6.07, 6.45) is 1.49. The van der Waals surface area contributed by atoms with Gasteiger partial charge in [-0.15, -0.1) is 0 Å². The second kappa shape index (κ2) is 8.12. The molecule has 0 atom stereocenters. The highest BCUT2D eigenvalue weighted by Gasteiger charge is 2.29. The Labute approximate surface area is 149 Å². The Morgan fingerprint density at radius 2 is 2.00 bits per heavy atom. The Kier molecular flexibility index (Phi) is 6.40. The van der Waals surface area contributed by atoms with Crippen molar-refractivity contribution in [3.05, 3.63) is 22.4 Å². The first-order chi connectivity index (χ1) is 11.3. The number of nitrogens with one attached hydrogen (secondary N) is 1. The Hall–Kier alpha value is -1.40. The number of carbonyl (C=O) groups is 2. The molecule has 2 heterocycles. The van der Waals surface area contributed by atoms with Crippen molar-refractivity contribution in [2.45, 2.75) is 26.7 Å². The third-order valence-electron chi connectivity index (χ3n) is 4.41. The van der Waals surface area contributed by atoms with Gasteiger partial charge in [0.2, 0.25) is 5.91 Å². The van der Waals surface area contributed by atoms with Gasteiger partial charge in [-0.2, -0.15) is 11.3 Å². The van der Waals surface area contributed by atoms with Crippen molar-refractivity contribution < 1.29 is 9.59 Å². The Morgan fingerprint density at radius 1 is 1.33 bits per heavy atom. The maximum Gasteiger partial charge on any atom is 0.254 e. The minimum absolute atomic E-state index is 0.0201. The largest absolute Gasteiger partial charge is 0.355 e. The van der Waals surface area contributed by atoms with Gasteiger partial charge in [0, 0.05) is 37.5 Å². The summed E-state index contributed by atoms with van der Waals surface area (Å²) >= 11 is 1.54. The molecule has 0 bridgehead atoms. The predicted molar refractivity (Wildman–Crippen MR) is 98.3 cm³/mol. The van der Waals surface area contributed by atoms with Gasteiger partial charge in [-0.25, -0.2) is 0 Å². The first-order valence-electron chi connectivity index (χ1n) is 8.52. The van der Waals surface area contributed by atoms with Crippen molar-refractivity contribution in [2.24, 2.45) is 11.3 Å². The lowest BCUT2D eigenvalue weighted by molar-refractivity contribution is -0.126. The molecule has 6 heteroatoms. The summed E-state index contributed by atoms with van der Waals surface area (Å²) in [5.74, 6) is 0.235. The molecule has 0 unspecified atom stereocenters. The lowest BCUT2D eigenvalue weighted by atomic mass is 9.91. The maximum absolute atomic E-state index is 12.4. The number of carbonyl (C=O) groups excluding carboxylic acids is 2. The number of thiophene rings is 1. The van der Waals surface area contributed by atoms with Crippen molar-refractivity contribution >= 4 is 23.2 Å². The average molecular weight is 352 g/mol. The van der Waals surface area contributed by atoms with E-state index in [-0.39, 0.29) is 23.1 Å². The van der Waals surface area contributed by atoms with Crippen LogP contribution in [0.4, 0.5) is 0 Å². The summed E-state index contributed by atoms with van der Waals surface area (Å²) in [5.41, 5.74) is 0.808. The van der Waals surface area contributed by atoms with Gasteiger partial charge in [0.1, 0.15) is 0 Å². The maximum atomic E-state index is 12.4. The van der Waals surface area contributed by atoms with Gasteiger partial charge in [0.05, 0.1) is 5.56 Å². The first-order valence-corrected chi connectivity index (χ1v) is 9.47. The molecule has 0 saturated carbocycles. The van der Waals surface area contributed by atoms with Crippen LogP contribution in [0.1, 0.15) is 37.0 Å². The van der Waals surface area contributed by atoms with E-state index >= 15 is 0 Å². The van der Waals surface area contributed by atoms with Crippen molar-refractivity contribution in [1.82, 2.24) is 15.1 Å². The van der Waals surface area contributed by atoms with E-state index in [1.807, 2.05) is 35.8 Å². The first kappa shape index (κ1) is 18.9. The zero-order valence-corrected chi connectivity index (χ0v) is 16.0. The van der Waals surface area contributed by atoms with Crippen LogP contribution in [0.3, 0.4) is 0 Å². The minimum atomic E-state index is 0.0201. The fraction of sp³-hybridized carbons (Fsp3) is 0.667. The Bertz CT molecular complexity index is 547. The monoisotopic (exact) mass is 351 g/mol. The second-order valence-corrected chi connectivity index (χ2v) is 8.48. The molecule has 1 aromatic heterocycles. The lowest BCUT2D eigenvalue weighted by Crippen LogP contribution is -2.46. The topological polar surface area (TPSA) is 52.7 Å². The average Bonchev–Trinajstić information content (AvgIpc) is 3.05. The van der Waals surface area contributed by atoms with Crippen LogP contribution in [-0.4, -0.2) is 61.9 Å². The van der Waals surface area contributed by atoms with Crippen molar-refractivity contribution in [2.75, 3.05) is 40.3 Å². The molecule has 2 rings (SSSR count). The van der Waals surface area contributed by atoms with Crippen molar-refractivity contribution in [3.8, 4) is 0 Å². The Balaban J connectivity index is 1.77. The SMILES string of the molecule is CN(C)CC(C)(C)CNC(=O)C1CCN(C(=O)c2ccsc2)CC1. The highest BCUT2D eigenvalue weighted by molar-refractivity contribution is 7.08. The summed E-state index contributed by atoms with van der Waals surface area (Å²) < 4.78 is 0. The van der Waals surface area contributed by atoms with Crippen molar-refractivity contribution in [1.29, 1.82) is 0 Å². The number of nitrogens with zero attached hydrogens (tertiary/aromatic N) is 2. The van der Waals surface area contributed by atoms with E-state index in [1.165, 1.54) is 11.3 Å². The third-order valence-corrected chi connectivity index (χ3v) is 5.09. The van der Waals surface area contributed by atoms with Crippen LogP contribution in [0.25, 0.3) is 0 Å². The molecule has 1 fully saturated rings. The zero-order valence-electron chi connectivity index (χ0n) is 15.2. The van der Waals surface area contributed by atoms with Gasteiger partial charge in [-0.05, 0) is 43.8 Å².